The molecule has 10 heteroatoms. The number of aliphatic hydroxyl groups is 1. The minimum absolute atomic E-state index is 0.00928. The van der Waals surface area contributed by atoms with Gasteiger partial charge in [0.05, 0.1) is 37.8 Å². The Kier molecular flexibility index (Phi) is 6.67. The number of carbonyl (C=O) groups is 1. The highest BCUT2D eigenvalue weighted by Gasteiger charge is 2.18. The van der Waals surface area contributed by atoms with Crippen LogP contribution in [0.5, 0.6) is 5.88 Å². The zero-order chi connectivity index (χ0) is 24.9. The number of hydrogen-bond acceptors (Lipinski definition) is 8. The highest BCUT2D eigenvalue weighted by atomic mass is 16.5. The molecule has 0 aliphatic heterocycles. The van der Waals surface area contributed by atoms with Gasteiger partial charge in [-0.2, -0.15) is 15.1 Å². The number of hydrogen-bond donors (Lipinski definition) is 1. The number of aromatic nitrogens is 6. The average molecular weight is 485 g/mol. The molecular weight excluding hydrogens is 460 g/mol. The van der Waals surface area contributed by atoms with Gasteiger partial charge in [0.15, 0.2) is 11.2 Å². The van der Waals surface area contributed by atoms with Crippen molar-refractivity contribution in [3.8, 4) is 11.8 Å². The molecular formula is C26H24N6O4. The van der Waals surface area contributed by atoms with E-state index in [1.807, 2.05) is 59.2 Å². The summed E-state index contributed by atoms with van der Waals surface area (Å²) in [4.78, 5) is 25.9. The van der Waals surface area contributed by atoms with Gasteiger partial charge in [-0.1, -0.05) is 54.6 Å². The molecule has 5 aromatic rings. The zero-order valence-corrected chi connectivity index (χ0v) is 19.6. The van der Waals surface area contributed by atoms with Crippen LogP contribution < -0.4 is 4.74 Å². The van der Waals surface area contributed by atoms with Crippen LogP contribution in [0.15, 0.2) is 73.3 Å². The van der Waals surface area contributed by atoms with Crippen LogP contribution in [0.1, 0.15) is 34.0 Å². The lowest BCUT2D eigenvalue weighted by Gasteiger charge is -2.10. The van der Waals surface area contributed by atoms with E-state index in [2.05, 4.69) is 20.1 Å². The lowest BCUT2D eigenvalue weighted by atomic mass is 10.1. The minimum Gasteiger partial charge on any atom is -0.471 e. The summed E-state index contributed by atoms with van der Waals surface area (Å²) < 4.78 is 14.4. The molecule has 182 valence electrons. The van der Waals surface area contributed by atoms with Crippen molar-refractivity contribution in [1.29, 1.82) is 0 Å². The van der Waals surface area contributed by atoms with E-state index in [1.165, 1.54) is 17.1 Å². The Morgan fingerprint density at radius 2 is 1.78 bits per heavy atom. The van der Waals surface area contributed by atoms with Gasteiger partial charge in [0.2, 0.25) is 5.88 Å². The Morgan fingerprint density at radius 3 is 2.53 bits per heavy atom. The molecule has 10 nitrogen and oxygen atoms in total. The Balaban J connectivity index is 1.53. The fraction of sp³-hybridized carbons (Fsp3) is 0.192. The Bertz CT molecular complexity index is 1480. The van der Waals surface area contributed by atoms with Crippen LogP contribution in [0.2, 0.25) is 0 Å². The first-order valence-corrected chi connectivity index (χ1v) is 11.4. The maximum Gasteiger partial charge on any atom is 0.341 e. The molecule has 36 heavy (non-hydrogen) atoms. The molecule has 1 N–H and O–H groups in total. The number of carbonyl (C=O) groups excluding carboxylic acids is 1. The summed E-state index contributed by atoms with van der Waals surface area (Å²) in [5.74, 6) is 0.0710. The van der Waals surface area contributed by atoms with Gasteiger partial charge in [-0.05, 0) is 23.6 Å². The van der Waals surface area contributed by atoms with Crippen molar-refractivity contribution < 1.29 is 19.4 Å². The fourth-order valence-corrected chi connectivity index (χ4v) is 3.65. The summed E-state index contributed by atoms with van der Waals surface area (Å²) in [6, 6.07) is 17.4. The Labute approximate surface area is 206 Å². The molecule has 0 aliphatic carbocycles. The lowest BCUT2D eigenvalue weighted by molar-refractivity contribution is 0.0526. The quantitative estimate of drug-likeness (QED) is 0.317. The molecule has 0 bridgehead atoms. The van der Waals surface area contributed by atoms with E-state index in [0.717, 1.165) is 16.7 Å². The molecule has 0 radical (unpaired) electrons. The number of aliphatic hydroxyl groups excluding tert-OH is 1. The van der Waals surface area contributed by atoms with Crippen LogP contribution in [0.4, 0.5) is 0 Å². The standard InChI is InChI=1S/C26H24N6O4/c1-2-35-25(34)21-12-28-32(14-21)26-29-23-22(24(30-26)36-16-20-6-4-3-5-7-20)27-17-31(23)13-18-8-10-19(15-33)11-9-18/h3-12,14,17,33H,2,13,15-16H2,1H3. The summed E-state index contributed by atoms with van der Waals surface area (Å²) in [7, 11) is 0. The Hall–Kier alpha value is -4.57. The molecule has 3 heterocycles. The van der Waals surface area contributed by atoms with Crippen LogP contribution >= 0.6 is 0 Å². The van der Waals surface area contributed by atoms with E-state index in [1.54, 1.807) is 13.3 Å². The van der Waals surface area contributed by atoms with Crippen molar-refractivity contribution in [3.05, 3.63) is 95.6 Å². The molecule has 0 saturated carbocycles. The summed E-state index contributed by atoms with van der Waals surface area (Å²) in [5, 5.41) is 13.6. The summed E-state index contributed by atoms with van der Waals surface area (Å²) in [6.07, 6.45) is 4.62. The SMILES string of the molecule is CCOC(=O)c1cnn(-c2nc(OCc3ccccc3)c3ncn(Cc4ccc(CO)cc4)c3n2)c1. The number of ether oxygens (including phenoxy) is 2. The predicted octanol–water partition coefficient (Wildman–Crippen LogP) is 3.31. The largest absolute Gasteiger partial charge is 0.471 e. The van der Waals surface area contributed by atoms with Crippen molar-refractivity contribution in [1.82, 2.24) is 29.3 Å². The van der Waals surface area contributed by atoms with Crippen molar-refractivity contribution >= 4 is 17.1 Å². The summed E-state index contributed by atoms with van der Waals surface area (Å²) in [5.41, 5.74) is 4.21. The second-order valence-corrected chi connectivity index (χ2v) is 8.02. The van der Waals surface area contributed by atoms with Crippen LogP contribution in [-0.2, 0) is 24.5 Å². The smallest absolute Gasteiger partial charge is 0.341 e. The molecule has 0 spiro atoms. The van der Waals surface area contributed by atoms with E-state index < -0.39 is 5.97 Å². The second-order valence-electron chi connectivity index (χ2n) is 8.02. The van der Waals surface area contributed by atoms with Crippen molar-refractivity contribution in [3.63, 3.8) is 0 Å². The van der Waals surface area contributed by atoms with Gasteiger partial charge in [-0.25, -0.2) is 14.5 Å². The van der Waals surface area contributed by atoms with Crippen LogP contribution in [0, 0.1) is 0 Å². The van der Waals surface area contributed by atoms with Crippen LogP contribution in [-0.4, -0.2) is 47.0 Å². The van der Waals surface area contributed by atoms with Crippen molar-refractivity contribution in [2.24, 2.45) is 0 Å². The molecule has 0 amide bonds. The number of benzene rings is 2. The first-order chi connectivity index (χ1) is 17.6. The average Bonchev–Trinajstić information content (AvgIpc) is 3.57. The molecule has 5 rings (SSSR count). The van der Waals surface area contributed by atoms with Crippen LogP contribution in [0.25, 0.3) is 17.1 Å². The van der Waals surface area contributed by atoms with E-state index in [0.29, 0.717) is 35.8 Å². The first kappa shape index (κ1) is 23.2. The van der Waals surface area contributed by atoms with Gasteiger partial charge in [0.25, 0.3) is 5.95 Å². The molecule has 2 aromatic carbocycles. The van der Waals surface area contributed by atoms with Crippen molar-refractivity contribution in [2.75, 3.05) is 6.61 Å². The summed E-state index contributed by atoms with van der Waals surface area (Å²) >= 11 is 0. The fourth-order valence-electron chi connectivity index (χ4n) is 3.65. The normalized spacial score (nSPS) is 11.1. The molecule has 0 saturated heterocycles. The van der Waals surface area contributed by atoms with E-state index in [4.69, 9.17) is 9.47 Å². The maximum atomic E-state index is 12.1. The van der Waals surface area contributed by atoms with E-state index in [9.17, 15) is 9.90 Å². The number of nitrogens with zero attached hydrogens (tertiary/aromatic N) is 6. The molecule has 0 unspecified atom stereocenters. The third-order valence-corrected chi connectivity index (χ3v) is 5.50. The topological polar surface area (TPSA) is 117 Å². The van der Waals surface area contributed by atoms with Gasteiger partial charge < -0.3 is 19.1 Å². The van der Waals surface area contributed by atoms with Gasteiger partial charge >= 0.3 is 5.97 Å². The van der Waals surface area contributed by atoms with Crippen molar-refractivity contribution in [2.45, 2.75) is 26.7 Å². The molecule has 0 atom stereocenters. The highest BCUT2D eigenvalue weighted by molar-refractivity contribution is 5.88. The third kappa shape index (κ3) is 4.93. The first-order valence-electron chi connectivity index (χ1n) is 11.4. The maximum absolute atomic E-state index is 12.1. The molecule has 0 fully saturated rings. The Morgan fingerprint density at radius 1 is 1.00 bits per heavy atom. The van der Waals surface area contributed by atoms with Gasteiger partial charge in [0.1, 0.15) is 6.61 Å². The van der Waals surface area contributed by atoms with Gasteiger partial charge in [-0.15, -0.1) is 0 Å². The number of esters is 1. The molecule has 3 aromatic heterocycles. The van der Waals surface area contributed by atoms with E-state index >= 15 is 0 Å². The predicted molar refractivity (Wildman–Crippen MR) is 131 cm³/mol. The minimum atomic E-state index is -0.471. The lowest BCUT2D eigenvalue weighted by Crippen LogP contribution is -2.08. The van der Waals surface area contributed by atoms with Gasteiger partial charge in [0, 0.05) is 6.20 Å². The number of fused-ring (bicyclic) bond motifs is 1. The monoisotopic (exact) mass is 484 g/mol. The zero-order valence-electron chi connectivity index (χ0n) is 19.6. The molecule has 0 aliphatic rings. The van der Waals surface area contributed by atoms with E-state index in [-0.39, 0.29) is 19.2 Å². The highest BCUT2D eigenvalue weighted by Crippen LogP contribution is 2.24. The van der Waals surface area contributed by atoms with Crippen LogP contribution in [0.3, 0.4) is 0 Å². The van der Waals surface area contributed by atoms with Gasteiger partial charge in [-0.3, -0.25) is 0 Å². The second kappa shape index (κ2) is 10.4. The number of imidazole rings is 1. The number of rotatable bonds is 9. The third-order valence-electron chi connectivity index (χ3n) is 5.50. The summed E-state index contributed by atoms with van der Waals surface area (Å²) in [6.45, 7) is 2.81.